The molecule has 0 unspecified atom stereocenters. The highest BCUT2D eigenvalue weighted by molar-refractivity contribution is 7.08. The van der Waals surface area contributed by atoms with Crippen molar-refractivity contribution in [1.29, 1.82) is 0 Å². The zero-order valence-corrected chi connectivity index (χ0v) is 20.9. The summed E-state index contributed by atoms with van der Waals surface area (Å²) in [4.78, 5) is 44.4. The van der Waals surface area contributed by atoms with Crippen molar-refractivity contribution in [3.8, 4) is 0 Å². The molecule has 11 nitrogen and oxygen atoms in total. The molecule has 0 radical (unpaired) electrons. The van der Waals surface area contributed by atoms with Crippen molar-refractivity contribution in [2.24, 2.45) is 0 Å². The minimum Gasteiger partial charge on any atom is -0.453 e. The van der Waals surface area contributed by atoms with Crippen LogP contribution in [0.25, 0.3) is 0 Å². The molecule has 2 N–H and O–H groups in total. The Hall–Kier alpha value is -3.25. The van der Waals surface area contributed by atoms with Gasteiger partial charge in [0.2, 0.25) is 0 Å². The van der Waals surface area contributed by atoms with Crippen LogP contribution < -0.4 is 15.5 Å². The first-order chi connectivity index (χ1) is 17.0. The van der Waals surface area contributed by atoms with Gasteiger partial charge in [0.25, 0.3) is 11.8 Å². The number of hydrogen-bond donors (Lipinski definition) is 2. The Labute approximate surface area is 208 Å². The SMILES string of the molecule is COC(=O)N1CCCN(c2ccc(C(=O)N3CCCNCC3)cc2NC(=O)c2snnc2C)CC1. The topological polar surface area (TPSA) is 120 Å². The maximum absolute atomic E-state index is 13.3. The van der Waals surface area contributed by atoms with Gasteiger partial charge in [-0.25, -0.2) is 4.79 Å². The number of nitrogens with zero attached hydrogens (tertiary/aromatic N) is 5. The van der Waals surface area contributed by atoms with Crippen molar-refractivity contribution in [3.63, 3.8) is 0 Å². The maximum Gasteiger partial charge on any atom is 0.409 e. The van der Waals surface area contributed by atoms with Gasteiger partial charge in [-0.1, -0.05) is 4.49 Å². The van der Waals surface area contributed by atoms with Gasteiger partial charge in [-0.05, 0) is 56.0 Å². The highest BCUT2D eigenvalue weighted by Gasteiger charge is 2.24. The van der Waals surface area contributed by atoms with Gasteiger partial charge in [0.15, 0.2) is 0 Å². The number of ether oxygens (including phenoxy) is 1. The number of hydrogen-bond acceptors (Lipinski definition) is 9. The van der Waals surface area contributed by atoms with E-state index >= 15 is 0 Å². The Bertz CT molecular complexity index is 1070. The van der Waals surface area contributed by atoms with Gasteiger partial charge in [-0.3, -0.25) is 9.59 Å². The first-order valence-electron chi connectivity index (χ1n) is 11.8. The fourth-order valence-electron chi connectivity index (χ4n) is 4.37. The first-order valence-corrected chi connectivity index (χ1v) is 12.6. The van der Waals surface area contributed by atoms with Gasteiger partial charge in [0, 0.05) is 51.4 Å². The number of nitrogens with one attached hydrogen (secondary N) is 2. The predicted octanol–water partition coefficient (Wildman–Crippen LogP) is 1.81. The Kier molecular flexibility index (Phi) is 8.13. The van der Waals surface area contributed by atoms with Gasteiger partial charge in [0.1, 0.15) is 4.88 Å². The second kappa shape index (κ2) is 11.5. The number of aryl methyl sites for hydroxylation is 1. The molecule has 4 rings (SSSR count). The van der Waals surface area contributed by atoms with Crippen LogP contribution in [0.1, 0.15) is 38.6 Å². The standard InChI is InChI=1S/C23H31N7O4S/c1-16-20(35-27-26-16)21(31)25-18-15-17(22(32)29-9-3-7-24-8-12-29)5-6-19(18)28-10-4-11-30(14-13-28)23(33)34-2/h5-6,15,24H,3-4,7-14H2,1-2H3,(H,25,31). The Morgan fingerprint density at radius 2 is 1.86 bits per heavy atom. The summed E-state index contributed by atoms with van der Waals surface area (Å²) < 4.78 is 8.74. The molecule has 2 aromatic rings. The number of aromatic nitrogens is 2. The minimum absolute atomic E-state index is 0.0564. The van der Waals surface area contributed by atoms with Crippen LogP contribution in [0.15, 0.2) is 18.2 Å². The van der Waals surface area contributed by atoms with Gasteiger partial charge in [0.05, 0.1) is 24.2 Å². The van der Waals surface area contributed by atoms with Crippen LogP contribution in [0.5, 0.6) is 0 Å². The maximum atomic E-state index is 13.3. The molecule has 3 amide bonds. The van der Waals surface area contributed by atoms with E-state index in [1.807, 2.05) is 17.0 Å². The molecule has 2 fully saturated rings. The molecule has 0 aliphatic carbocycles. The second-order valence-corrected chi connectivity index (χ2v) is 9.32. The van der Waals surface area contributed by atoms with Crippen molar-refractivity contribution in [1.82, 2.24) is 24.7 Å². The third-order valence-electron chi connectivity index (χ3n) is 6.25. The summed E-state index contributed by atoms with van der Waals surface area (Å²) in [5.74, 6) is -0.368. The smallest absolute Gasteiger partial charge is 0.409 e. The Morgan fingerprint density at radius 3 is 2.63 bits per heavy atom. The zero-order chi connectivity index (χ0) is 24.8. The number of rotatable bonds is 4. The van der Waals surface area contributed by atoms with E-state index < -0.39 is 0 Å². The van der Waals surface area contributed by atoms with Crippen molar-refractivity contribution in [2.75, 3.05) is 69.7 Å². The van der Waals surface area contributed by atoms with Gasteiger partial charge >= 0.3 is 6.09 Å². The molecule has 0 bridgehead atoms. The molecule has 2 aliphatic heterocycles. The Balaban J connectivity index is 1.62. The lowest BCUT2D eigenvalue weighted by molar-refractivity contribution is 0.0766. The highest BCUT2D eigenvalue weighted by atomic mass is 32.1. The quantitative estimate of drug-likeness (QED) is 0.651. The number of carbonyl (C=O) groups excluding carboxylic acids is 3. The van der Waals surface area contributed by atoms with Gasteiger partial charge in [-0.15, -0.1) is 5.10 Å². The summed E-state index contributed by atoms with van der Waals surface area (Å²) in [6.45, 7) is 7.09. The molecule has 0 saturated carbocycles. The van der Waals surface area contributed by atoms with Gasteiger partial charge in [-0.2, -0.15) is 0 Å². The summed E-state index contributed by atoms with van der Waals surface area (Å²) in [6.07, 6.45) is 1.30. The monoisotopic (exact) mass is 501 g/mol. The minimum atomic E-state index is -0.346. The second-order valence-electron chi connectivity index (χ2n) is 8.57. The third-order valence-corrected chi connectivity index (χ3v) is 7.07. The van der Waals surface area contributed by atoms with Crippen LogP contribution in [0, 0.1) is 6.92 Å². The van der Waals surface area contributed by atoms with Crippen LogP contribution in [0.3, 0.4) is 0 Å². The molecule has 3 heterocycles. The van der Waals surface area contributed by atoms with E-state index in [-0.39, 0.29) is 17.9 Å². The van der Waals surface area contributed by atoms with Crippen molar-refractivity contribution < 1.29 is 19.1 Å². The van der Waals surface area contributed by atoms with Crippen LogP contribution in [-0.4, -0.2) is 96.8 Å². The van der Waals surface area contributed by atoms with E-state index in [4.69, 9.17) is 4.74 Å². The number of methoxy groups -OCH3 is 1. The lowest BCUT2D eigenvalue weighted by atomic mass is 10.1. The molecular weight excluding hydrogens is 470 g/mol. The summed E-state index contributed by atoms with van der Waals surface area (Å²) in [5.41, 5.74) is 2.43. The lowest BCUT2D eigenvalue weighted by Crippen LogP contribution is -2.35. The van der Waals surface area contributed by atoms with Crippen molar-refractivity contribution in [3.05, 3.63) is 34.3 Å². The average Bonchev–Trinajstić information content (AvgIpc) is 3.06. The van der Waals surface area contributed by atoms with E-state index in [0.29, 0.717) is 61.1 Å². The van der Waals surface area contributed by atoms with Crippen LogP contribution in [0.2, 0.25) is 0 Å². The fourth-order valence-corrected chi connectivity index (χ4v) is 4.92. The van der Waals surface area contributed by atoms with Crippen molar-refractivity contribution in [2.45, 2.75) is 19.8 Å². The molecule has 188 valence electrons. The summed E-state index contributed by atoms with van der Waals surface area (Å²) >= 11 is 1.04. The molecule has 12 heteroatoms. The summed E-state index contributed by atoms with van der Waals surface area (Å²) in [6, 6.07) is 5.44. The fraction of sp³-hybridized carbons (Fsp3) is 0.522. The number of anilines is 2. The van der Waals surface area contributed by atoms with E-state index in [2.05, 4.69) is 25.1 Å². The molecule has 0 spiro atoms. The summed E-state index contributed by atoms with van der Waals surface area (Å²) in [7, 11) is 1.38. The molecule has 2 aliphatic rings. The van der Waals surface area contributed by atoms with Crippen LogP contribution >= 0.6 is 11.5 Å². The normalized spacial score (nSPS) is 16.9. The number of carbonyl (C=O) groups is 3. The third kappa shape index (κ3) is 5.88. The molecule has 2 saturated heterocycles. The van der Waals surface area contributed by atoms with E-state index in [1.54, 1.807) is 17.9 Å². The molecular formula is C23H31N7O4S. The zero-order valence-electron chi connectivity index (χ0n) is 20.1. The number of benzene rings is 1. The molecule has 0 atom stereocenters. The van der Waals surface area contributed by atoms with E-state index in [1.165, 1.54) is 7.11 Å². The largest absolute Gasteiger partial charge is 0.453 e. The average molecular weight is 502 g/mol. The summed E-state index contributed by atoms with van der Waals surface area (Å²) in [5, 5.41) is 10.2. The highest BCUT2D eigenvalue weighted by Crippen LogP contribution is 2.30. The van der Waals surface area contributed by atoms with E-state index in [0.717, 1.165) is 43.2 Å². The first kappa shape index (κ1) is 24.9. The predicted molar refractivity (Wildman–Crippen MR) is 133 cm³/mol. The van der Waals surface area contributed by atoms with Crippen LogP contribution in [0.4, 0.5) is 16.2 Å². The number of amides is 3. The van der Waals surface area contributed by atoms with Crippen LogP contribution in [-0.2, 0) is 4.74 Å². The molecule has 1 aromatic carbocycles. The Morgan fingerprint density at radius 1 is 1.03 bits per heavy atom. The van der Waals surface area contributed by atoms with Gasteiger partial charge < -0.3 is 30.1 Å². The van der Waals surface area contributed by atoms with E-state index in [9.17, 15) is 14.4 Å². The molecule has 35 heavy (non-hydrogen) atoms. The lowest BCUT2D eigenvalue weighted by Gasteiger charge is -2.27. The molecule has 1 aromatic heterocycles. The van der Waals surface area contributed by atoms with Crippen molar-refractivity contribution >= 4 is 40.8 Å².